The molecule has 0 radical (unpaired) electrons. The van der Waals surface area contributed by atoms with Gasteiger partial charge in [-0.05, 0) is 35.6 Å². The van der Waals surface area contributed by atoms with Crippen LogP contribution in [-0.4, -0.2) is 70.6 Å². The van der Waals surface area contributed by atoms with E-state index in [9.17, 15) is 19.2 Å². The third kappa shape index (κ3) is 3.27. The van der Waals surface area contributed by atoms with Gasteiger partial charge in [0, 0.05) is 47.0 Å². The van der Waals surface area contributed by atoms with E-state index in [1.807, 2.05) is 6.07 Å². The Morgan fingerprint density at radius 1 is 1.11 bits per heavy atom. The molecule has 35 heavy (non-hydrogen) atoms. The number of fused-ring (bicyclic) bond motifs is 9. The number of nitrogens with zero attached hydrogens (tertiary/aromatic N) is 2. The number of carbonyl (C=O) groups excluding carboxylic acids is 3. The fourth-order valence-corrected chi connectivity index (χ4v) is 11.1. The number of carbonyl (C=O) groups is 3. The van der Waals surface area contributed by atoms with Crippen LogP contribution >= 0.6 is 34.4 Å². The van der Waals surface area contributed by atoms with Gasteiger partial charge >= 0.3 is 4.87 Å². The van der Waals surface area contributed by atoms with Crippen LogP contribution in [0.4, 0.5) is 0 Å². The fraction of sp³-hybridized carbons (Fsp3) is 0.583. The molecule has 2 saturated carbocycles. The van der Waals surface area contributed by atoms with Crippen LogP contribution in [-0.2, 0) is 19.1 Å². The maximum Gasteiger partial charge on any atom is 0.305 e. The molecule has 2 aromatic heterocycles. The lowest BCUT2D eigenvalue weighted by atomic mass is 9.69. The van der Waals surface area contributed by atoms with Crippen molar-refractivity contribution in [2.24, 2.45) is 29.6 Å². The first kappa shape index (κ1) is 22.3. The summed E-state index contributed by atoms with van der Waals surface area (Å²) in [5.41, 5.74) is 0. The van der Waals surface area contributed by atoms with E-state index in [-0.39, 0.29) is 76.3 Å². The van der Waals surface area contributed by atoms with E-state index < -0.39 is 0 Å². The molecule has 5 heterocycles. The second-order valence-corrected chi connectivity index (χ2v) is 13.2. The molecule has 2 bridgehead atoms. The SMILES string of the molecule is O=C(CCN1C(=O)C2C3CC(C2C1=O)C1C(c2cccs2)c2sc(=O)[nH]c2SC31)N1CCOCC1. The molecule has 2 aliphatic carbocycles. The number of imide groups is 1. The number of aromatic amines is 1. The highest BCUT2D eigenvalue weighted by atomic mass is 32.2. The Balaban J connectivity index is 1.16. The molecule has 2 saturated heterocycles. The number of amides is 3. The third-order valence-electron chi connectivity index (χ3n) is 8.58. The number of thiazole rings is 1. The van der Waals surface area contributed by atoms with E-state index in [0.717, 1.165) is 16.3 Å². The summed E-state index contributed by atoms with van der Waals surface area (Å²) in [5.74, 6) is -0.243. The van der Waals surface area contributed by atoms with Gasteiger partial charge in [-0.1, -0.05) is 17.4 Å². The van der Waals surface area contributed by atoms with Crippen molar-refractivity contribution in [2.45, 2.75) is 29.0 Å². The molecule has 3 amide bonds. The summed E-state index contributed by atoms with van der Waals surface area (Å²) < 4.78 is 5.32. The lowest BCUT2D eigenvalue weighted by Gasteiger charge is -2.42. The summed E-state index contributed by atoms with van der Waals surface area (Å²) in [5, 5.41) is 3.21. The van der Waals surface area contributed by atoms with Gasteiger partial charge in [0.1, 0.15) is 0 Å². The monoisotopic (exact) mass is 531 g/mol. The molecule has 3 aliphatic heterocycles. The lowest BCUT2D eigenvalue weighted by Crippen LogP contribution is -2.43. The predicted octanol–water partition coefficient (Wildman–Crippen LogP) is 2.22. The summed E-state index contributed by atoms with van der Waals surface area (Å²) in [6.07, 6.45) is 1.06. The maximum atomic E-state index is 13.6. The molecule has 2 aromatic rings. The average Bonchev–Trinajstić information content (AvgIpc) is 3.67. The Morgan fingerprint density at radius 3 is 2.63 bits per heavy atom. The van der Waals surface area contributed by atoms with E-state index in [0.29, 0.717) is 26.3 Å². The van der Waals surface area contributed by atoms with Crippen molar-refractivity contribution in [3.63, 3.8) is 0 Å². The van der Waals surface area contributed by atoms with Crippen molar-refractivity contribution >= 4 is 52.2 Å². The van der Waals surface area contributed by atoms with E-state index >= 15 is 0 Å². The van der Waals surface area contributed by atoms with Gasteiger partial charge in [0.2, 0.25) is 17.7 Å². The largest absolute Gasteiger partial charge is 0.378 e. The first-order valence-electron chi connectivity index (χ1n) is 12.2. The zero-order valence-corrected chi connectivity index (χ0v) is 21.3. The Kier molecular flexibility index (Phi) is 5.27. The Hall–Kier alpha value is -1.95. The van der Waals surface area contributed by atoms with E-state index in [2.05, 4.69) is 16.4 Å². The van der Waals surface area contributed by atoms with Crippen molar-refractivity contribution in [1.82, 2.24) is 14.8 Å². The molecular weight excluding hydrogens is 506 g/mol. The predicted molar refractivity (Wildman–Crippen MR) is 132 cm³/mol. The first-order chi connectivity index (χ1) is 17.0. The van der Waals surface area contributed by atoms with Gasteiger partial charge in [-0.25, -0.2) is 0 Å². The van der Waals surface area contributed by atoms with Crippen LogP contribution < -0.4 is 4.87 Å². The minimum Gasteiger partial charge on any atom is -0.378 e. The molecule has 0 aromatic carbocycles. The van der Waals surface area contributed by atoms with Gasteiger partial charge in [-0.15, -0.1) is 23.1 Å². The molecule has 184 valence electrons. The van der Waals surface area contributed by atoms with Gasteiger partial charge in [0.25, 0.3) is 0 Å². The van der Waals surface area contributed by atoms with Gasteiger partial charge in [-0.3, -0.25) is 24.1 Å². The highest BCUT2D eigenvalue weighted by Gasteiger charge is 2.69. The molecule has 1 N–H and O–H groups in total. The number of H-pyrrole nitrogens is 1. The number of likely N-dealkylation sites (tertiary alicyclic amines) is 1. The molecule has 7 rings (SSSR count). The van der Waals surface area contributed by atoms with Crippen LogP contribution in [0.25, 0.3) is 0 Å². The van der Waals surface area contributed by atoms with Crippen LogP contribution in [0, 0.1) is 29.6 Å². The summed E-state index contributed by atoms with van der Waals surface area (Å²) in [4.78, 5) is 60.4. The van der Waals surface area contributed by atoms with Crippen molar-refractivity contribution in [1.29, 1.82) is 0 Å². The number of nitrogens with one attached hydrogen (secondary N) is 1. The molecule has 0 spiro atoms. The van der Waals surface area contributed by atoms with E-state index in [1.165, 1.54) is 21.1 Å². The zero-order valence-electron chi connectivity index (χ0n) is 18.9. The Labute approximate surface area is 214 Å². The van der Waals surface area contributed by atoms with Gasteiger partial charge in [0.05, 0.1) is 30.1 Å². The van der Waals surface area contributed by atoms with Crippen molar-refractivity contribution in [3.8, 4) is 0 Å². The average molecular weight is 532 g/mol. The molecule has 5 aliphatic rings. The normalized spacial score (nSPS) is 35.4. The molecule has 7 atom stereocenters. The molecule has 4 fully saturated rings. The molecule has 7 unspecified atom stereocenters. The summed E-state index contributed by atoms with van der Waals surface area (Å²) in [6.45, 7) is 2.35. The highest BCUT2D eigenvalue weighted by Crippen LogP contribution is 2.68. The smallest absolute Gasteiger partial charge is 0.305 e. The molecular formula is C24H25N3O5S3. The first-order valence-corrected chi connectivity index (χ1v) is 14.7. The maximum absolute atomic E-state index is 13.6. The van der Waals surface area contributed by atoms with Crippen LogP contribution in [0.2, 0.25) is 0 Å². The minimum atomic E-state index is -0.299. The highest BCUT2D eigenvalue weighted by molar-refractivity contribution is 8.00. The quantitative estimate of drug-likeness (QED) is 0.608. The van der Waals surface area contributed by atoms with E-state index in [1.54, 1.807) is 28.0 Å². The minimum absolute atomic E-state index is 0.0238. The number of ether oxygens (including phenoxy) is 1. The lowest BCUT2D eigenvalue weighted by molar-refractivity contribution is -0.142. The zero-order chi connectivity index (χ0) is 23.8. The van der Waals surface area contributed by atoms with Crippen LogP contribution in [0.5, 0.6) is 0 Å². The number of rotatable bonds is 4. The molecule has 8 nitrogen and oxygen atoms in total. The summed E-state index contributed by atoms with van der Waals surface area (Å²) in [6, 6.07) is 4.17. The number of thioether (sulfide) groups is 1. The summed E-state index contributed by atoms with van der Waals surface area (Å²) >= 11 is 4.69. The Morgan fingerprint density at radius 2 is 1.89 bits per heavy atom. The number of morpholine rings is 1. The van der Waals surface area contributed by atoms with E-state index in [4.69, 9.17) is 4.74 Å². The van der Waals surface area contributed by atoms with Crippen LogP contribution in [0.15, 0.2) is 27.3 Å². The molecule has 11 heteroatoms. The van der Waals surface area contributed by atoms with Crippen molar-refractivity contribution in [2.75, 3.05) is 32.8 Å². The Bertz CT molecular complexity index is 1250. The second kappa shape index (κ2) is 8.29. The van der Waals surface area contributed by atoms with Gasteiger partial charge in [-0.2, -0.15) is 0 Å². The van der Waals surface area contributed by atoms with Gasteiger partial charge in [0.15, 0.2) is 0 Å². The standard InChI is InChI=1S/C24H25N3O5S3/c28-14(26-5-7-32-8-6-26)3-4-27-22(29)16-11-10-12(17(16)23(27)30)19-15(11)18(13-2-1-9-33-13)20-21(34-19)25-24(31)35-20/h1-2,9,11-12,15-19H,3-8,10H2,(H,25,31). The topological polar surface area (TPSA) is 99.8 Å². The van der Waals surface area contributed by atoms with Crippen molar-refractivity contribution < 1.29 is 19.1 Å². The van der Waals surface area contributed by atoms with Crippen LogP contribution in [0.3, 0.4) is 0 Å². The number of aromatic nitrogens is 1. The number of hydrogen-bond acceptors (Lipinski definition) is 8. The third-order valence-corrected chi connectivity index (χ3v) is 12.1. The van der Waals surface area contributed by atoms with Gasteiger partial charge < -0.3 is 14.6 Å². The number of hydrogen-bond donors (Lipinski definition) is 1. The van der Waals surface area contributed by atoms with Crippen molar-refractivity contribution in [3.05, 3.63) is 36.9 Å². The fourth-order valence-electron chi connectivity index (χ4n) is 7.26. The summed E-state index contributed by atoms with van der Waals surface area (Å²) in [7, 11) is 0. The second-order valence-electron chi connectivity index (χ2n) is 10.0. The number of thiophene rings is 1. The van der Waals surface area contributed by atoms with Crippen LogP contribution in [0.1, 0.15) is 28.5 Å².